The second-order valence-corrected chi connectivity index (χ2v) is 11.9. The summed E-state index contributed by atoms with van der Waals surface area (Å²) in [6, 6.07) is 15.2. The highest BCUT2D eigenvalue weighted by Crippen LogP contribution is 2.31. The first-order valence-electron chi connectivity index (χ1n) is 15.7. The topological polar surface area (TPSA) is 114 Å². The van der Waals surface area contributed by atoms with Gasteiger partial charge in [0.05, 0.1) is 23.3 Å². The van der Waals surface area contributed by atoms with Crippen molar-refractivity contribution in [2.24, 2.45) is 0 Å². The molecule has 1 aliphatic carbocycles. The van der Waals surface area contributed by atoms with Gasteiger partial charge in [0.2, 0.25) is 11.9 Å². The van der Waals surface area contributed by atoms with E-state index in [-0.39, 0.29) is 5.95 Å². The number of anilines is 3. The maximum absolute atomic E-state index is 6.25. The quantitative estimate of drug-likeness (QED) is 0.317. The Labute approximate surface area is 253 Å². The number of nitrogens with one attached hydrogen (secondary N) is 1. The van der Waals surface area contributed by atoms with E-state index in [4.69, 9.17) is 5.73 Å². The fraction of sp³-hybridized carbons (Fsp3) is 0.424. The minimum Gasteiger partial charge on any atom is -0.368 e. The monoisotopic (exact) mass is 576 g/mol. The van der Waals surface area contributed by atoms with Gasteiger partial charge < -0.3 is 16.0 Å². The Hall–Kier alpha value is -4.15. The van der Waals surface area contributed by atoms with Crippen molar-refractivity contribution >= 4 is 23.7 Å². The molecule has 3 aromatic heterocycles. The number of nitrogens with zero attached hydrogens (tertiary/aromatic N) is 8. The van der Waals surface area contributed by atoms with E-state index in [0.717, 1.165) is 60.1 Å². The largest absolute Gasteiger partial charge is 0.368 e. The number of hydrogen-bond acceptors (Lipinski definition) is 9. The first-order valence-corrected chi connectivity index (χ1v) is 15.7. The summed E-state index contributed by atoms with van der Waals surface area (Å²) < 4.78 is 1.53. The van der Waals surface area contributed by atoms with Crippen molar-refractivity contribution in [1.29, 1.82) is 0 Å². The lowest BCUT2D eigenvalue weighted by Crippen LogP contribution is -2.46. The third-order valence-electron chi connectivity index (χ3n) is 9.03. The summed E-state index contributed by atoms with van der Waals surface area (Å²) in [6.07, 6.45) is 15.9. The molecule has 0 radical (unpaired) electrons. The number of benzene rings is 1. The second-order valence-electron chi connectivity index (χ2n) is 11.9. The number of hydrogen-bond donors (Lipinski definition) is 2. The van der Waals surface area contributed by atoms with E-state index in [1.165, 1.54) is 68.5 Å². The highest BCUT2D eigenvalue weighted by molar-refractivity contribution is 5.68. The molecule has 5 heterocycles. The van der Waals surface area contributed by atoms with E-state index < -0.39 is 0 Å². The molecule has 0 atom stereocenters. The molecule has 43 heavy (non-hydrogen) atoms. The van der Waals surface area contributed by atoms with Crippen LogP contribution in [0.5, 0.6) is 0 Å². The van der Waals surface area contributed by atoms with Gasteiger partial charge in [0.1, 0.15) is 0 Å². The number of aromatic nitrogens is 6. The van der Waals surface area contributed by atoms with Crippen molar-refractivity contribution in [2.45, 2.75) is 57.4 Å². The lowest BCUT2D eigenvalue weighted by Gasteiger charge is -2.40. The molecule has 4 aromatic rings. The minimum absolute atomic E-state index is 0.248. The predicted molar refractivity (Wildman–Crippen MR) is 170 cm³/mol. The van der Waals surface area contributed by atoms with Crippen LogP contribution in [0.15, 0.2) is 54.7 Å². The van der Waals surface area contributed by atoms with Gasteiger partial charge in [-0.1, -0.05) is 36.8 Å². The maximum Gasteiger partial charge on any atom is 0.248 e. The Morgan fingerprint density at radius 3 is 2.58 bits per heavy atom. The van der Waals surface area contributed by atoms with Gasteiger partial charge in [-0.25, -0.2) is 0 Å². The van der Waals surface area contributed by atoms with E-state index in [1.807, 2.05) is 18.2 Å². The summed E-state index contributed by atoms with van der Waals surface area (Å²) in [5, 5.41) is 16.8. The minimum atomic E-state index is 0.248. The molecule has 3 N–H and O–H groups in total. The molecule has 10 heteroatoms. The number of nitrogen functional groups attached to an aromatic ring is 1. The number of piperidine rings is 2. The third kappa shape index (κ3) is 6.30. The molecule has 2 aliphatic heterocycles. The van der Waals surface area contributed by atoms with Crippen LogP contribution in [0.2, 0.25) is 0 Å². The fourth-order valence-electron chi connectivity index (χ4n) is 6.70. The highest BCUT2D eigenvalue weighted by atomic mass is 15.4. The average molecular weight is 577 g/mol. The van der Waals surface area contributed by atoms with Crippen LogP contribution in [-0.4, -0.2) is 78.5 Å². The van der Waals surface area contributed by atoms with Crippen LogP contribution in [0.4, 0.5) is 17.6 Å². The first kappa shape index (κ1) is 27.7. The Kier molecular flexibility index (Phi) is 8.11. The maximum atomic E-state index is 6.25. The van der Waals surface area contributed by atoms with Crippen molar-refractivity contribution in [2.75, 3.05) is 43.8 Å². The summed E-state index contributed by atoms with van der Waals surface area (Å²) in [7, 11) is 0. The van der Waals surface area contributed by atoms with E-state index in [9.17, 15) is 0 Å². The number of rotatable bonds is 7. The number of nitrogens with two attached hydrogens (primary N) is 1. The van der Waals surface area contributed by atoms with Crippen LogP contribution in [-0.2, 0) is 12.8 Å². The highest BCUT2D eigenvalue weighted by Gasteiger charge is 2.25. The van der Waals surface area contributed by atoms with E-state index in [2.05, 4.69) is 76.8 Å². The molecule has 0 saturated carbocycles. The van der Waals surface area contributed by atoms with Gasteiger partial charge in [-0.05, 0) is 107 Å². The van der Waals surface area contributed by atoms with E-state index in [0.29, 0.717) is 11.8 Å². The third-order valence-corrected chi connectivity index (χ3v) is 9.03. The summed E-state index contributed by atoms with van der Waals surface area (Å²) in [4.78, 5) is 14.3. The zero-order valence-corrected chi connectivity index (χ0v) is 24.7. The van der Waals surface area contributed by atoms with Crippen molar-refractivity contribution in [3.8, 4) is 17.1 Å². The van der Waals surface area contributed by atoms with Crippen LogP contribution in [0.3, 0.4) is 0 Å². The normalized spacial score (nSPS) is 18.3. The van der Waals surface area contributed by atoms with Gasteiger partial charge in [-0.3, -0.25) is 9.88 Å². The molecule has 0 unspecified atom stereocenters. The Bertz CT molecular complexity index is 1560. The number of aryl methyl sites for hydroxylation is 2. The lowest BCUT2D eigenvalue weighted by atomic mass is 10.00. The second kappa shape index (κ2) is 12.6. The number of likely N-dealkylation sites (tertiary alicyclic amines) is 2. The summed E-state index contributed by atoms with van der Waals surface area (Å²) in [6.45, 7) is 5.91. The summed E-state index contributed by atoms with van der Waals surface area (Å²) in [5.41, 5.74) is 12.5. The molecule has 0 amide bonds. The first-order chi connectivity index (χ1) is 21.2. The SMILES string of the molecule is Nc1nc(Nc2ccc(C=CCN3CCC(N4CCCCC4)CC3)nc2)nn1-c1cc2c(nn1)-c1ccccc1CCC2. The average Bonchev–Trinajstić information content (AvgIpc) is 3.31. The Balaban J connectivity index is 0.949. The molecule has 10 nitrogen and oxygen atoms in total. The van der Waals surface area contributed by atoms with Gasteiger partial charge in [0, 0.05) is 18.2 Å². The molecule has 3 aliphatic rings. The molecule has 0 spiro atoms. The smallest absolute Gasteiger partial charge is 0.248 e. The predicted octanol–water partition coefficient (Wildman–Crippen LogP) is 4.90. The Morgan fingerprint density at radius 1 is 0.907 bits per heavy atom. The molecule has 222 valence electrons. The summed E-state index contributed by atoms with van der Waals surface area (Å²) in [5.74, 6) is 1.20. The van der Waals surface area contributed by atoms with Gasteiger partial charge >= 0.3 is 0 Å². The molecule has 7 rings (SSSR count). The van der Waals surface area contributed by atoms with Gasteiger partial charge in [0.25, 0.3) is 0 Å². The van der Waals surface area contributed by atoms with E-state index >= 15 is 0 Å². The van der Waals surface area contributed by atoms with Crippen LogP contribution in [0, 0.1) is 0 Å². The van der Waals surface area contributed by atoms with Crippen LogP contribution >= 0.6 is 0 Å². The van der Waals surface area contributed by atoms with Crippen LogP contribution in [0.1, 0.15) is 55.3 Å². The molecule has 0 bridgehead atoms. The van der Waals surface area contributed by atoms with E-state index in [1.54, 1.807) is 6.20 Å². The van der Waals surface area contributed by atoms with Crippen LogP contribution in [0.25, 0.3) is 23.2 Å². The van der Waals surface area contributed by atoms with Crippen molar-refractivity contribution in [3.05, 3.63) is 71.6 Å². The van der Waals surface area contributed by atoms with Gasteiger partial charge in [0.15, 0.2) is 5.82 Å². The zero-order chi connectivity index (χ0) is 29.0. The van der Waals surface area contributed by atoms with Crippen molar-refractivity contribution in [1.82, 2.24) is 39.7 Å². The van der Waals surface area contributed by atoms with Gasteiger partial charge in [-0.2, -0.15) is 9.67 Å². The lowest BCUT2D eigenvalue weighted by molar-refractivity contribution is 0.0975. The molecular formula is C33H40N10. The molecular weight excluding hydrogens is 536 g/mol. The number of fused-ring (bicyclic) bond motifs is 3. The standard InChI is InChI=1S/C33H40N10/c34-32-37-33(40-43(32)30-22-25-10-6-9-24-8-2-3-12-29(24)31(25)39-38-30)36-27-14-13-26(35-23-27)11-7-17-41-20-15-28(16-21-41)42-18-4-1-5-19-42/h2-3,7-8,11-14,22-23,28H,1,4-6,9-10,15-21H2,(H3,34,36,37,40). The number of pyridine rings is 1. The zero-order valence-electron chi connectivity index (χ0n) is 24.7. The molecule has 2 saturated heterocycles. The van der Waals surface area contributed by atoms with Gasteiger partial charge in [-0.15, -0.1) is 15.3 Å². The Morgan fingerprint density at radius 2 is 1.74 bits per heavy atom. The summed E-state index contributed by atoms with van der Waals surface area (Å²) >= 11 is 0. The molecule has 1 aromatic carbocycles. The van der Waals surface area contributed by atoms with Crippen LogP contribution < -0.4 is 11.1 Å². The molecule has 2 fully saturated rings. The van der Waals surface area contributed by atoms with Crippen molar-refractivity contribution in [3.63, 3.8) is 0 Å². The fourth-order valence-corrected chi connectivity index (χ4v) is 6.70. The van der Waals surface area contributed by atoms with Crippen molar-refractivity contribution < 1.29 is 0 Å².